The Morgan fingerprint density at radius 1 is 1.09 bits per heavy atom. The predicted octanol–water partition coefficient (Wildman–Crippen LogP) is -0.0322. The molecule has 0 radical (unpaired) electrons. The molecule has 22 heavy (non-hydrogen) atoms. The Morgan fingerprint density at radius 2 is 1.64 bits per heavy atom. The van der Waals surface area contributed by atoms with Crippen LogP contribution in [-0.2, 0) is 14.3 Å². The second-order valence-corrected chi connectivity index (χ2v) is 5.98. The van der Waals surface area contributed by atoms with E-state index < -0.39 is 0 Å². The summed E-state index contributed by atoms with van der Waals surface area (Å²) in [6, 6.07) is 0. The molecule has 0 saturated carbocycles. The number of hydrogen-bond donors (Lipinski definition) is 2. The van der Waals surface area contributed by atoms with Crippen LogP contribution in [0.3, 0.4) is 0 Å². The van der Waals surface area contributed by atoms with E-state index in [0.717, 1.165) is 38.9 Å². The molecule has 2 N–H and O–H groups in total. The molecule has 7 heteroatoms. The zero-order valence-corrected chi connectivity index (χ0v) is 13.6. The molecule has 2 aliphatic rings. The highest BCUT2D eigenvalue weighted by Crippen LogP contribution is 2.11. The predicted molar refractivity (Wildman–Crippen MR) is 84.9 cm³/mol. The number of amides is 1. The quantitative estimate of drug-likeness (QED) is 0.532. The third-order valence-corrected chi connectivity index (χ3v) is 3.91. The molecule has 0 bridgehead atoms. The van der Waals surface area contributed by atoms with E-state index in [9.17, 15) is 4.79 Å². The molecule has 126 valence electrons. The minimum atomic E-state index is -0.0182. The Kier molecular flexibility index (Phi) is 6.92. The molecular weight excluding hydrogens is 284 g/mol. The Morgan fingerprint density at radius 3 is 2.05 bits per heavy atom. The molecule has 7 nitrogen and oxygen atoms in total. The number of hydrogen-bond acceptors (Lipinski definition) is 4. The van der Waals surface area contributed by atoms with Gasteiger partial charge in [-0.3, -0.25) is 4.79 Å². The van der Waals surface area contributed by atoms with Crippen molar-refractivity contribution in [1.82, 2.24) is 15.5 Å². The third-order valence-electron chi connectivity index (χ3n) is 3.91. The maximum absolute atomic E-state index is 11.7. The summed E-state index contributed by atoms with van der Waals surface area (Å²) < 4.78 is 11.2. The molecule has 2 unspecified atom stereocenters. The molecule has 0 aromatic rings. The third kappa shape index (κ3) is 5.81. The van der Waals surface area contributed by atoms with Gasteiger partial charge in [-0.15, -0.1) is 0 Å². The maximum Gasteiger partial charge on any atom is 0.243 e. The first-order valence-corrected chi connectivity index (χ1v) is 8.10. The van der Waals surface area contributed by atoms with Gasteiger partial charge in [-0.05, 0) is 25.7 Å². The van der Waals surface area contributed by atoms with Crippen molar-refractivity contribution in [2.75, 3.05) is 46.9 Å². The number of carbonyl (C=O) groups is 1. The smallest absolute Gasteiger partial charge is 0.243 e. The van der Waals surface area contributed by atoms with Gasteiger partial charge in [-0.2, -0.15) is 0 Å². The van der Waals surface area contributed by atoms with Gasteiger partial charge in [-0.25, -0.2) is 4.99 Å². The highest BCUT2D eigenvalue weighted by molar-refractivity contribution is 5.84. The van der Waals surface area contributed by atoms with Crippen molar-refractivity contribution >= 4 is 11.9 Å². The summed E-state index contributed by atoms with van der Waals surface area (Å²) in [6.45, 7) is 3.24. The fraction of sp³-hybridized carbons (Fsp3) is 0.867. The summed E-state index contributed by atoms with van der Waals surface area (Å²) in [4.78, 5) is 17.6. The van der Waals surface area contributed by atoms with Gasteiger partial charge in [0.25, 0.3) is 0 Å². The van der Waals surface area contributed by atoms with Gasteiger partial charge in [0.1, 0.15) is 6.54 Å². The molecule has 2 rings (SSSR count). The van der Waals surface area contributed by atoms with Crippen LogP contribution in [0.1, 0.15) is 25.7 Å². The largest absolute Gasteiger partial charge is 0.376 e. The normalized spacial score (nSPS) is 24.1. The fourth-order valence-electron chi connectivity index (χ4n) is 2.49. The van der Waals surface area contributed by atoms with Gasteiger partial charge in [0.05, 0.1) is 12.2 Å². The van der Waals surface area contributed by atoms with E-state index in [-0.39, 0.29) is 24.7 Å². The van der Waals surface area contributed by atoms with Crippen LogP contribution in [0, 0.1) is 0 Å². The van der Waals surface area contributed by atoms with Gasteiger partial charge in [-0.1, -0.05) is 0 Å². The van der Waals surface area contributed by atoms with Crippen molar-refractivity contribution in [3.05, 3.63) is 0 Å². The molecular formula is C15H28N4O3. The molecule has 0 aromatic heterocycles. The van der Waals surface area contributed by atoms with Gasteiger partial charge in [0, 0.05) is 40.4 Å². The number of ether oxygens (including phenoxy) is 2. The van der Waals surface area contributed by atoms with E-state index in [1.807, 2.05) is 0 Å². The summed E-state index contributed by atoms with van der Waals surface area (Å²) in [7, 11) is 3.47. The molecule has 2 aliphatic heterocycles. The van der Waals surface area contributed by atoms with E-state index in [1.165, 1.54) is 0 Å². The van der Waals surface area contributed by atoms with Crippen molar-refractivity contribution in [3.63, 3.8) is 0 Å². The van der Waals surface area contributed by atoms with Gasteiger partial charge in [0.2, 0.25) is 5.91 Å². The summed E-state index contributed by atoms with van der Waals surface area (Å²) in [6.07, 6.45) is 4.84. The molecule has 0 spiro atoms. The standard InChI is InChI=1S/C15H28N4O3/c1-19(2)14(20)11-18-15(16-9-12-5-3-7-21-12)17-10-13-6-4-8-22-13/h12-13H,3-11H2,1-2H3,(H2,16,17,18). The molecule has 2 fully saturated rings. The van der Waals surface area contributed by atoms with Crippen molar-refractivity contribution in [1.29, 1.82) is 0 Å². The SMILES string of the molecule is CN(C)C(=O)CN=C(NCC1CCCO1)NCC1CCCO1. The molecule has 2 atom stereocenters. The Hall–Kier alpha value is -1.34. The number of guanidine groups is 1. The minimum absolute atomic E-state index is 0.0182. The zero-order chi connectivity index (χ0) is 15.8. The van der Waals surface area contributed by atoms with Crippen LogP contribution in [0.4, 0.5) is 0 Å². The van der Waals surface area contributed by atoms with Crippen molar-refractivity contribution < 1.29 is 14.3 Å². The lowest BCUT2D eigenvalue weighted by molar-refractivity contribution is -0.127. The number of aliphatic imine (C=N–C) groups is 1. The molecule has 2 saturated heterocycles. The fourth-order valence-corrected chi connectivity index (χ4v) is 2.49. The van der Waals surface area contributed by atoms with Crippen LogP contribution in [0.5, 0.6) is 0 Å². The second-order valence-electron chi connectivity index (χ2n) is 5.98. The molecule has 0 aliphatic carbocycles. The van der Waals surface area contributed by atoms with Crippen molar-refractivity contribution in [2.45, 2.75) is 37.9 Å². The lowest BCUT2D eigenvalue weighted by atomic mass is 10.2. The highest BCUT2D eigenvalue weighted by atomic mass is 16.5. The first kappa shape index (κ1) is 17.0. The number of carbonyl (C=O) groups excluding carboxylic acids is 1. The summed E-state index contributed by atoms with van der Waals surface area (Å²) in [5.41, 5.74) is 0. The van der Waals surface area contributed by atoms with Crippen LogP contribution in [0.25, 0.3) is 0 Å². The Balaban J connectivity index is 1.80. The minimum Gasteiger partial charge on any atom is -0.376 e. The van der Waals surface area contributed by atoms with Crippen molar-refractivity contribution in [3.8, 4) is 0 Å². The van der Waals surface area contributed by atoms with E-state index in [4.69, 9.17) is 9.47 Å². The number of nitrogens with zero attached hydrogens (tertiary/aromatic N) is 2. The number of nitrogens with one attached hydrogen (secondary N) is 2. The topological polar surface area (TPSA) is 75.2 Å². The first-order valence-electron chi connectivity index (χ1n) is 8.10. The van der Waals surface area contributed by atoms with Gasteiger partial charge >= 0.3 is 0 Å². The van der Waals surface area contributed by atoms with E-state index in [2.05, 4.69) is 15.6 Å². The molecule has 0 aromatic carbocycles. The van der Waals surface area contributed by atoms with Gasteiger partial charge in [0.15, 0.2) is 5.96 Å². The maximum atomic E-state index is 11.7. The van der Waals surface area contributed by atoms with Crippen LogP contribution >= 0.6 is 0 Å². The lowest BCUT2D eigenvalue weighted by Gasteiger charge is -2.18. The van der Waals surface area contributed by atoms with Crippen LogP contribution in [0.15, 0.2) is 4.99 Å². The summed E-state index contributed by atoms with van der Waals surface area (Å²) >= 11 is 0. The number of rotatable bonds is 6. The van der Waals surface area contributed by atoms with Crippen LogP contribution in [-0.4, -0.2) is 75.9 Å². The highest BCUT2D eigenvalue weighted by Gasteiger charge is 2.18. The van der Waals surface area contributed by atoms with Crippen LogP contribution in [0.2, 0.25) is 0 Å². The first-order chi connectivity index (χ1) is 10.6. The monoisotopic (exact) mass is 312 g/mol. The summed E-state index contributed by atoms with van der Waals surface area (Å²) in [5, 5.41) is 6.54. The van der Waals surface area contributed by atoms with E-state index >= 15 is 0 Å². The average molecular weight is 312 g/mol. The molecule has 2 heterocycles. The molecule has 1 amide bonds. The summed E-state index contributed by atoms with van der Waals surface area (Å²) in [5.74, 6) is 0.636. The van der Waals surface area contributed by atoms with E-state index in [1.54, 1.807) is 19.0 Å². The van der Waals surface area contributed by atoms with Crippen LogP contribution < -0.4 is 10.6 Å². The van der Waals surface area contributed by atoms with E-state index in [0.29, 0.717) is 19.0 Å². The Bertz CT molecular complexity index is 353. The lowest BCUT2D eigenvalue weighted by Crippen LogP contribution is -2.44. The second kappa shape index (κ2) is 8.95. The number of likely N-dealkylation sites (N-methyl/N-ethyl adjacent to an activating group) is 1. The zero-order valence-electron chi connectivity index (χ0n) is 13.6. The van der Waals surface area contributed by atoms with Crippen molar-refractivity contribution in [2.24, 2.45) is 4.99 Å². The Labute approximate surface area is 132 Å². The van der Waals surface area contributed by atoms with Gasteiger partial charge < -0.3 is 25.0 Å². The average Bonchev–Trinajstić information content (AvgIpc) is 3.19.